The maximum Gasteiger partial charge on any atom is 0.339 e. The van der Waals surface area contributed by atoms with Crippen LogP contribution < -0.4 is 0 Å². The quantitative estimate of drug-likeness (QED) is 0.671. The molecule has 0 aliphatic rings. The van der Waals surface area contributed by atoms with Crippen LogP contribution in [0.5, 0.6) is 0 Å². The minimum Gasteiger partial charge on any atom is -0.460 e. The average molecular weight is 298 g/mol. The SMILES string of the molecule is Cc1nnc(-c2ccccc2C(=O)OCCn2cccn2)o1. The molecule has 0 spiro atoms. The summed E-state index contributed by atoms with van der Waals surface area (Å²) in [5.74, 6) is 0.313. The lowest BCUT2D eigenvalue weighted by molar-refractivity contribution is 0.0488. The molecule has 112 valence electrons. The molecule has 0 radical (unpaired) electrons. The zero-order valence-corrected chi connectivity index (χ0v) is 12.0. The first-order chi connectivity index (χ1) is 10.7. The van der Waals surface area contributed by atoms with Crippen LogP contribution in [0.25, 0.3) is 11.5 Å². The molecule has 1 aromatic carbocycles. The minimum atomic E-state index is -0.432. The maximum atomic E-state index is 12.2. The van der Waals surface area contributed by atoms with Crippen molar-refractivity contribution in [2.45, 2.75) is 13.5 Å². The Kier molecular flexibility index (Phi) is 3.95. The zero-order valence-electron chi connectivity index (χ0n) is 12.0. The molecule has 0 saturated carbocycles. The Labute approximate surface area is 126 Å². The van der Waals surface area contributed by atoms with E-state index in [1.165, 1.54) is 0 Å². The lowest BCUT2D eigenvalue weighted by Crippen LogP contribution is -2.12. The molecule has 22 heavy (non-hydrogen) atoms. The molecule has 3 rings (SSSR count). The Morgan fingerprint density at radius 3 is 2.86 bits per heavy atom. The van der Waals surface area contributed by atoms with E-state index >= 15 is 0 Å². The first-order valence-corrected chi connectivity index (χ1v) is 6.78. The third-order valence-electron chi connectivity index (χ3n) is 3.02. The maximum absolute atomic E-state index is 12.2. The molecule has 7 heteroatoms. The van der Waals surface area contributed by atoms with Crippen LogP contribution in [0.15, 0.2) is 47.1 Å². The summed E-state index contributed by atoms with van der Waals surface area (Å²) in [5.41, 5.74) is 0.957. The van der Waals surface area contributed by atoms with Crippen molar-refractivity contribution in [1.29, 1.82) is 0 Å². The first-order valence-electron chi connectivity index (χ1n) is 6.78. The Morgan fingerprint density at radius 1 is 1.27 bits per heavy atom. The first kappa shape index (κ1) is 14.0. The predicted molar refractivity (Wildman–Crippen MR) is 77.0 cm³/mol. The summed E-state index contributed by atoms with van der Waals surface area (Å²) in [6.45, 7) is 2.43. The highest BCUT2D eigenvalue weighted by Gasteiger charge is 2.17. The third kappa shape index (κ3) is 3.03. The monoisotopic (exact) mass is 298 g/mol. The fourth-order valence-electron chi connectivity index (χ4n) is 2.00. The molecule has 0 aliphatic carbocycles. The number of aryl methyl sites for hydroxylation is 1. The predicted octanol–water partition coefficient (Wildman–Crippen LogP) is 2.10. The second-order valence-electron chi connectivity index (χ2n) is 4.58. The summed E-state index contributed by atoms with van der Waals surface area (Å²) < 4.78 is 12.4. The third-order valence-corrected chi connectivity index (χ3v) is 3.02. The summed E-state index contributed by atoms with van der Waals surface area (Å²) in [4.78, 5) is 12.2. The molecule has 7 nitrogen and oxygen atoms in total. The molecule has 0 N–H and O–H groups in total. The lowest BCUT2D eigenvalue weighted by Gasteiger charge is -2.07. The second-order valence-corrected chi connectivity index (χ2v) is 4.58. The Bertz CT molecular complexity index is 765. The minimum absolute atomic E-state index is 0.234. The van der Waals surface area contributed by atoms with Crippen molar-refractivity contribution in [2.24, 2.45) is 0 Å². The van der Waals surface area contributed by atoms with Gasteiger partial charge in [-0.2, -0.15) is 5.10 Å². The molecule has 0 fully saturated rings. The molecule has 2 heterocycles. The van der Waals surface area contributed by atoms with Gasteiger partial charge in [0.2, 0.25) is 11.8 Å². The van der Waals surface area contributed by atoms with E-state index in [4.69, 9.17) is 9.15 Å². The van der Waals surface area contributed by atoms with E-state index in [1.54, 1.807) is 42.1 Å². The van der Waals surface area contributed by atoms with Crippen molar-refractivity contribution in [1.82, 2.24) is 20.0 Å². The molecular weight excluding hydrogens is 284 g/mol. The fraction of sp³-hybridized carbons (Fsp3) is 0.200. The standard InChI is InChI=1S/C15H14N4O3/c1-11-17-18-14(22-11)12-5-2-3-6-13(12)15(20)21-10-9-19-8-4-7-16-19/h2-8H,9-10H2,1H3. The highest BCUT2D eigenvalue weighted by molar-refractivity contribution is 5.96. The highest BCUT2D eigenvalue weighted by atomic mass is 16.5. The molecule has 3 aromatic rings. The molecule has 0 amide bonds. The van der Waals surface area contributed by atoms with E-state index in [9.17, 15) is 4.79 Å². The van der Waals surface area contributed by atoms with Gasteiger partial charge in [0.25, 0.3) is 0 Å². The average Bonchev–Trinajstić information content (AvgIpc) is 3.19. The zero-order chi connectivity index (χ0) is 15.4. The number of carbonyl (C=O) groups is 1. The smallest absolute Gasteiger partial charge is 0.339 e. The van der Waals surface area contributed by atoms with Crippen molar-refractivity contribution in [3.05, 3.63) is 54.2 Å². The van der Waals surface area contributed by atoms with Gasteiger partial charge in [-0.05, 0) is 18.2 Å². The van der Waals surface area contributed by atoms with E-state index in [1.807, 2.05) is 12.3 Å². The van der Waals surface area contributed by atoms with Gasteiger partial charge in [-0.1, -0.05) is 12.1 Å². The van der Waals surface area contributed by atoms with E-state index in [-0.39, 0.29) is 6.61 Å². The van der Waals surface area contributed by atoms with Crippen LogP contribution in [-0.2, 0) is 11.3 Å². The number of aromatic nitrogens is 4. The van der Waals surface area contributed by atoms with Gasteiger partial charge in [0, 0.05) is 19.3 Å². The van der Waals surface area contributed by atoms with Gasteiger partial charge in [-0.25, -0.2) is 4.79 Å². The van der Waals surface area contributed by atoms with Crippen LogP contribution in [0, 0.1) is 6.92 Å². The van der Waals surface area contributed by atoms with Gasteiger partial charge < -0.3 is 9.15 Å². The number of nitrogens with zero attached hydrogens (tertiary/aromatic N) is 4. The Morgan fingerprint density at radius 2 is 2.14 bits per heavy atom. The normalized spacial score (nSPS) is 10.6. The number of esters is 1. The van der Waals surface area contributed by atoms with Gasteiger partial charge in [0.1, 0.15) is 6.61 Å². The van der Waals surface area contributed by atoms with Gasteiger partial charge in [-0.3, -0.25) is 4.68 Å². The topological polar surface area (TPSA) is 83.0 Å². The van der Waals surface area contributed by atoms with Crippen molar-refractivity contribution in [3.8, 4) is 11.5 Å². The van der Waals surface area contributed by atoms with Gasteiger partial charge in [-0.15, -0.1) is 10.2 Å². The second kappa shape index (κ2) is 6.21. The molecule has 0 unspecified atom stereocenters. The van der Waals surface area contributed by atoms with Crippen LogP contribution >= 0.6 is 0 Å². The molecule has 0 bridgehead atoms. The number of carbonyl (C=O) groups excluding carboxylic acids is 1. The van der Waals surface area contributed by atoms with Crippen LogP contribution in [0.1, 0.15) is 16.2 Å². The van der Waals surface area contributed by atoms with Gasteiger partial charge in [0.05, 0.1) is 17.7 Å². The summed E-state index contributed by atoms with van der Waals surface area (Å²) in [6, 6.07) is 8.80. The number of hydrogen-bond acceptors (Lipinski definition) is 6. The van der Waals surface area contributed by atoms with Gasteiger partial charge in [0.15, 0.2) is 0 Å². The molecule has 0 aliphatic heterocycles. The summed E-state index contributed by atoms with van der Waals surface area (Å²) >= 11 is 0. The lowest BCUT2D eigenvalue weighted by atomic mass is 10.1. The highest BCUT2D eigenvalue weighted by Crippen LogP contribution is 2.22. The van der Waals surface area contributed by atoms with Crippen molar-refractivity contribution >= 4 is 5.97 Å². The Balaban J connectivity index is 1.72. The molecule has 2 aromatic heterocycles. The van der Waals surface area contributed by atoms with E-state index in [0.717, 1.165) is 0 Å². The molecule has 0 atom stereocenters. The fourth-order valence-corrected chi connectivity index (χ4v) is 2.00. The van der Waals surface area contributed by atoms with E-state index in [2.05, 4.69) is 15.3 Å². The number of rotatable bonds is 5. The van der Waals surface area contributed by atoms with Crippen molar-refractivity contribution in [3.63, 3.8) is 0 Å². The van der Waals surface area contributed by atoms with Crippen LogP contribution in [-0.4, -0.2) is 32.6 Å². The summed E-state index contributed by atoms with van der Waals surface area (Å²) in [5, 5.41) is 11.8. The van der Waals surface area contributed by atoms with Crippen molar-refractivity contribution in [2.75, 3.05) is 6.61 Å². The molecular formula is C15H14N4O3. The largest absolute Gasteiger partial charge is 0.460 e. The van der Waals surface area contributed by atoms with Crippen LogP contribution in [0.4, 0.5) is 0 Å². The van der Waals surface area contributed by atoms with Gasteiger partial charge >= 0.3 is 5.97 Å². The van der Waals surface area contributed by atoms with E-state index < -0.39 is 5.97 Å². The number of ether oxygens (including phenoxy) is 1. The van der Waals surface area contributed by atoms with Crippen molar-refractivity contribution < 1.29 is 13.9 Å². The summed E-state index contributed by atoms with van der Waals surface area (Å²) in [6.07, 6.45) is 3.48. The Hall–Kier alpha value is -2.96. The number of hydrogen-bond donors (Lipinski definition) is 0. The summed E-state index contributed by atoms with van der Waals surface area (Å²) in [7, 11) is 0. The molecule has 0 saturated heterocycles. The van der Waals surface area contributed by atoms with Crippen LogP contribution in [0.2, 0.25) is 0 Å². The van der Waals surface area contributed by atoms with E-state index in [0.29, 0.717) is 29.5 Å². The number of benzene rings is 1. The van der Waals surface area contributed by atoms with Crippen LogP contribution in [0.3, 0.4) is 0 Å².